The van der Waals surface area contributed by atoms with Crippen molar-refractivity contribution in [2.75, 3.05) is 25.6 Å². The zero-order chi connectivity index (χ0) is 31.3. The van der Waals surface area contributed by atoms with Crippen molar-refractivity contribution in [2.24, 2.45) is 0 Å². The molecule has 0 unspecified atom stereocenters. The number of benzene rings is 2. The van der Waals surface area contributed by atoms with E-state index in [-0.39, 0.29) is 12.6 Å². The number of rotatable bonds is 12. The number of halogens is 1. The van der Waals surface area contributed by atoms with Gasteiger partial charge in [-0.3, -0.25) is 4.68 Å². The first kappa shape index (κ1) is 31.2. The molecular formula is C32H39FN6O4Si. The Labute approximate surface area is 258 Å². The summed E-state index contributed by atoms with van der Waals surface area (Å²) in [6, 6.07) is 12.6. The van der Waals surface area contributed by atoms with Gasteiger partial charge in [0.25, 0.3) is 5.69 Å². The summed E-state index contributed by atoms with van der Waals surface area (Å²) in [5.41, 5.74) is 8.73. The number of nitrogens with two attached hydrogens (primary N) is 1. The molecule has 44 heavy (non-hydrogen) atoms. The lowest BCUT2D eigenvalue weighted by atomic mass is 10.1. The normalized spacial score (nSPS) is 14.0. The lowest BCUT2D eigenvalue weighted by Gasteiger charge is -2.23. The third kappa shape index (κ3) is 7.66. The largest absolute Gasteiger partial charge is 0.487 e. The van der Waals surface area contributed by atoms with Gasteiger partial charge in [0.2, 0.25) is 0 Å². The number of ether oxygens (including phenoxy) is 4. The van der Waals surface area contributed by atoms with Gasteiger partial charge in [0.15, 0.2) is 0 Å². The molecule has 232 valence electrons. The Bertz CT molecular complexity index is 1620. The topological polar surface area (TPSA) is 103 Å². The molecule has 4 aromatic rings. The first-order valence-corrected chi connectivity index (χ1v) is 18.5. The zero-order valence-corrected chi connectivity index (χ0v) is 26.7. The van der Waals surface area contributed by atoms with Crippen LogP contribution in [0, 0.1) is 19.3 Å². The van der Waals surface area contributed by atoms with Crippen LogP contribution in [0.15, 0.2) is 48.7 Å². The summed E-state index contributed by atoms with van der Waals surface area (Å²) in [7, 11) is -1.18. The Hall–Kier alpha value is -4.18. The highest BCUT2D eigenvalue weighted by molar-refractivity contribution is 6.76. The average molecular weight is 619 g/mol. The molecule has 0 radical (unpaired) electrons. The average Bonchev–Trinajstić information content (AvgIpc) is 3.52. The number of hydrogen-bond donors (Lipinski definition) is 1. The quantitative estimate of drug-likeness (QED) is 0.101. The number of nitrogen functional groups attached to an aromatic ring is 1. The first-order chi connectivity index (χ1) is 21.1. The standard InChI is InChI=1S/C32H39FN6O4Si/c1-22-36-19-26(38(22)21-41-14-15-44(3,4)5)20-42-28-16-24(33)17-29(18-28)43-27-8-6-23(7-9-27)30-31(35-2)32(34)39(37-30)25-10-12-40-13-11-25/h6-9,16-19,25H,10-15,20-21,34H2,1,3-5H3. The number of nitrogens with zero attached hydrogens (tertiary/aromatic N) is 5. The number of hydrogen-bond acceptors (Lipinski definition) is 7. The van der Waals surface area contributed by atoms with Crippen LogP contribution >= 0.6 is 0 Å². The molecule has 10 nitrogen and oxygen atoms in total. The number of aryl methyl sites for hydroxylation is 1. The van der Waals surface area contributed by atoms with E-state index in [2.05, 4.69) is 29.5 Å². The van der Waals surface area contributed by atoms with Crippen molar-refractivity contribution < 1.29 is 23.3 Å². The summed E-state index contributed by atoms with van der Waals surface area (Å²) in [4.78, 5) is 8.05. The molecule has 0 saturated carbocycles. The minimum absolute atomic E-state index is 0.0997. The fraction of sp³-hybridized carbons (Fsp3) is 0.406. The molecule has 1 aliphatic rings. The SMILES string of the molecule is [C-]#[N+]c1c(-c2ccc(Oc3cc(F)cc(OCc4cnc(C)n4COCC[Si](C)(C)C)c3)cc2)nn(C2CCOCC2)c1N. The number of imidazole rings is 1. The molecule has 3 heterocycles. The van der Waals surface area contributed by atoms with Crippen molar-refractivity contribution >= 4 is 19.6 Å². The summed E-state index contributed by atoms with van der Waals surface area (Å²) >= 11 is 0. The summed E-state index contributed by atoms with van der Waals surface area (Å²) in [6.45, 7) is 19.1. The molecule has 5 rings (SSSR count). The van der Waals surface area contributed by atoms with Crippen molar-refractivity contribution in [1.29, 1.82) is 0 Å². The minimum Gasteiger partial charge on any atom is -0.487 e. The highest BCUT2D eigenvalue weighted by Gasteiger charge is 2.24. The lowest BCUT2D eigenvalue weighted by molar-refractivity contribution is 0.0669. The van der Waals surface area contributed by atoms with E-state index in [0.717, 1.165) is 36.0 Å². The molecule has 0 spiro atoms. The second-order valence-corrected chi connectivity index (χ2v) is 17.7. The van der Waals surface area contributed by atoms with Gasteiger partial charge >= 0.3 is 0 Å². The van der Waals surface area contributed by atoms with Gasteiger partial charge in [0.1, 0.15) is 53.7 Å². The molecule has 1 aliphatic heterocycles. The Kier molecular flexibility index (Phi) is 9.68. The predicted octanol–water partition coefficient (Wildman–Crippen LogP) is 7.36. The highest BCUT2D eigenvalue weighted by Crippen LogP contribution is 2.39. The highest BCUT2D eigenvalue weighted by atomic mass is 28.3. The van der Waals surface area contributed by atoms with E-state index in [9.17, 15) is 4.39 Å². The van der Waals surface area contributed by atoms with E-state index in [1.54, 1.807) is 29.1 Å². The molecular weight excluding hydrogens is 579 g/mol. The van der Waals surface area contributed by atoms with E-state index in [0.29, 0.717) is 61.0 Å². The van der Waals surface area contributed by atoms with Crippen molar-refractivity contribution in [1.82, 2.24) is 19.3 Å². The fourth-order valence-corrected chi connectivity index (χ4v) is 5.70. The third-order valence-electron chi connectivity index (χ3n) is 7.52. The van der Waals surface area contributed by atoms with Crippen LogP contribution in [0.3, 0.4) is 0 Å². The van der Waals surface area contributed by atoms with Crippen molar-refractivity contribution in [2.45, 2.75) is 64.8 Å². The van der Waals surface area contributed by atoms with E-state index in [1.165, 1.54) is 12.1 Å². The van der Waals surface area contributed by atoms with Gasteiger partial charge in [-0.2, -0.15) is 5.10 Å². The van der Waals surface area contributed by atoms with Gasteiger partial charge in [-0.05, 0) is 43.5 Å². The van der Waals surface area contributed by atoms with Crippen LogP contribution in [0.4, 0.5) is 15.9 Å². The Balaban J connectivity index is 1.24. The minimum atomic E-state index is -1.18. The molecule has 0 aliphatic carbocycles. The Morgan fingerprint density at radius 1 is 1.09 bits per heavy atom. The molecule has 1 saturated heterocycles. The van der Waals surface area contributed by atoms with Crippen LogP contribution in [-0.4, -0.2) is 47.2 Å². The monoisotopic (exact) mass is 618 g/mol. The van der Waals surface area contributed by atoms with Crippen LogP contribution in [0.25, 0.3) is 16.1 Å². The second kappa shape index (κ2) is 13.6. The molecule has 0 atom stereocenters. The van der Waals surface area contributed by atoms with Gasteiger partial charge in [0, 0.05) is 46.1 Å². The maximum atomic E-state index is 14.6. The summed E-state index contributed by atoms with van der Waals surface area (Å²) in [5.74, 6) is 1.83. The number of anilines is 1. The van der Waals surface area contributed by atoms with Gasteiger partial charge in [-0.15, -0.1) is 0 Å². The molecule has 0 bridgehead atoms. The third-order valence-corrected chi connectivity index (χ3v) is 9.22. The van der Waals surface area contributed by atoms with Gasteiger partial charge < -0.3 is 29.2 Å². The lowest BCUT2D eigenvalue weighted by Crippen LogP contribution is -2.22. The van der Waals surface area contributed by atoms with Crippen LogP contribution in [0.2, 0.25) is 25.7 Å². The maximum Gasteiger partial charge on any atom is 0.254 e. The second-order valence-electron chi connectivity index (χ2n) is 12.1. The molecule has 0 amide bonds. The van der Waals surface area contributed by atoms with E-state index in [4.69, 9.17) is 36.4 Å². The molecule has 2 aromatic carbocycles. The van der Waals surface area contributed by atoms with Crippen molar-refractivity contribution in [3.05, 3.63) is 77.4 Å². The fourth-order valence-electron chi connectivity index (χ4n) is 4.95. The van der Waals surface area contributed by atoms with E-state index >= 15 is 0 Å². The summed E-state index contributed by atoms with van der Waals surface area (Å²) in [5, 5.41) is 4.70. The van der Waals surface area contributed by atoms with E-state index < -0.39 is 13.9 Å². The first-order valence-electron chi connectivity index (χ1n) is 14.7. The summed E-state index contributed by atoms with van der Waals surface area (Å²) < 4.78 is 41.5. The number of aromatic nitrogens is 4. The van der Waals surface area contributed by atoms with Crippen LogP contribution in [0.5, 0.6) is 17.2 Å². The van der Waals surface area contributed by atoms with Crippen LogP contribution in [-0.2, 0) is 22.8 Å². The van der Waals surface area contributed by atoms with Crippen LogP contribution < -0.4 is 15.2 Å². The molecule has 1 fully saturated rings. The molecule has 12 heteroatoms. The Morgan fingerprint density at radius 3 is 2.52 bits per heavy atom. The van der Waals surface area contributed by atoms with E-state index in [1.807, 2.05) is 23.6 Å². The van der Waals surface area contributed by atoms with Gasteiger partial charge in [-0.1, -0.05) is 31.8 Å². The van der Waals surface area contributed by atoms with Crippen molar-refractivity contribution in [3.63, 3.8) is 0 Å². The maximum absolute atomic E-state index is 14.6. The Morgan fingerprint density at radius 2 is 1.82 bits per heavy atom. The smallest absolute Gasteiger partial charge is 0.254 e. The van der Waals surface area contributed by atoms with Gasteiger partial charge in [-0.25, -0.2) is 14.2 Å². The molecule has 2 N–H and O–H groups in total. The zero-order valence-electron chi connectivity index (χ0n) is 25.7. The van der Waals surface area contributed by atoms with Gasteiger partial charge in [0.05, 0.1) is 24.5 Å². The molecule has 2 aromatic heterocycles. The summed E-state index contributed by atoms with van der Waals surface area (Å²) in [6.07, 6.45) is 3.34. The van der Waals surface area contributed by atoms with Crippen molar-refractivity contribution in [3.8, 4) is 28.5 Å². The van der Waals surface area contributed by atoms with Crippen LogP contribution in [0.1, 0.15) is 30.4 Å². The predicted molar refractivity (Wildman–Crippen MR) is 169 cm³/mol.